The van der Waals surface area contributed by atoms with Crippen LogP contribution in [0.4, 0.5) is 5.82 Å². The van der Waals surface area contributed by atoms with E-state index in [2.05, 4.69) is 15.5 Å². The molecule has 2 aromatic rings. The Balaban J connectivity index is 1.44. The molecule has 30 heavy (non-hydrogen) atoms. The highest BCUT2D eigenvalue weighted by Crippen LogP contribution is 2.33. The van der Waals surface area contributed by atoms with E-state index in [-0.39, 0.29) is 11.5 Å². The van der Waals surface area contributed by atoms with Gasteiger partial charge in [0.15, 0.2) is 0 Å². The lowest BCUT2D eigenvalue weighted by Gasteiger charge is -2.39. The van der Waals surface area contributed by atoms with E-state index in [9.17, 15) is 5.11 Å². The molecule has 0 aromatic carbocycles. The number of nitrogens with zero attached hydrogens (tertiary/aromatic N) is 3. The van der Waals surface area contributed by atoms with Crippen molar-refractivity contribution in [3.63, 3.8) is 0 Å². The Labute approximate surface area is 175 Å². The molecule has 5 rings (SSSR count). The van der Waals surface area contributed by atoms with Crippen molar-refractivity contribution in [2.45, 2.75) is 25.3 Å². The molecular weight excluding hydrogens is 376 g/mol. The van der Waals surface area contributed by atoms with Crippen molar-refractivity contribution in [2.24, 2.45) is 0 Å². The number of anilines is 1. The predicted molar refractivity (Wildman–Crippen MR) is 120 cm³/mol. The summed E-state index contributed by atoms with van der Waals surface area (Å²) in [7, 11) is 0. The average molecular weight is 403 g/mol. The zero-order valence-corrected chi connectivity index (χ0v) is 17.1. The largest absolute Gasteiger partial charge is 0.507 e. The van der Waals surface area contributed by atoms with Crippen LogP contribution in [0.2, 0.25) is 0 Å². The number of fused-ring (bicyclic) bond motifs is 1. The first-order chi connectivity index (χ1) is 14.6. The number of nitrogens with one attached hydrogen (secondary N) is 3. The monoisotopic (exact) mass is 402 g/mol. The van der Waals surface area contributed by atoms with E-state index in [1.165, 1.54) is 18.9 Å². The highest BCUT2D eigenvalue weighted by atomic mass is 16.3. The fourth-order valence-corrected chi connectivity index (χ4v) is 4.36. The maximum absolute atomic E-state index is 10.4. The van der Waals surface area contributed by atoms with Gasteiger partial charge in [0, 0.05) is 48.6 Å². The number of hydrogen-bond donors (Lipinski definition) is 4. The molecule has 4 heterocycles. The summed E-state index contributed by atoms with van der Waals surface area (Å²) in [4.78, 5) is 11.9. The van der Waals surface area contributed by atoms with Crippen molar-refractivity contribution < 1.29 is 5.11 Å². The van der Waals surface area contributed by atoms with Crippen LogP contribution in [0, 0.1) is 5.41 Å². The topological polar surface area (TPSA) is 97.2 Å². The third-order valence-corrected chi connectivity index (χ3v) is 6.21. The zero-order valence-electron chi connectivity index (χ0n) is 17.1. The van der Waals surface area contributed by atoms with Crippen LogP contribution in [0.3, 0.4) is 0 Å². The van der Waals surface area contributed by atoms with Crippen LogP contribution >= 0.6 is 0 Å². The Morgan fingerprint density at radius 3 is 2.73 bits per heavy atom. The van der Waals surface area contributed by atoms with Gasteiger partial charge < -0.3 is 26.0 Å². The van der Waals surface area contributed by atoms with Crippen LogP contribution in [0.15, 0.2) is 53.9 Å². The smallest absolute Gasteiger partial charge is 0.129 e. The van der Waals surface area contributed by atoms with Crippen molar-refractivity contribution in [3.05, 3.63) is 59.6 Å². The third kappa shape index (κ3) is 3.25. The van der Waals surface area contributed by atoms with E-state index >= 15 is 0 Å². The molecule has 2 aromatic heterocycles. The number of pyridine rings is 2. The molecule has 1 unspecified atom stereocenters. The molecule has 1 atom stereocenters. The highest BCUT2D eigenvalue weighted by molar-refractivity contribution is 6.13. The van der Waals surface area contributed by atoms with Crippen LogP contribution in [-0.2, 0) is 0 Å². The Kier molecular flexibility index (Phi) is 4.55. The summed E-state index contributed by atoms with van der Waals surface area (Å²) in [6.45, 7) is 5.92. The number of rotatable bonds is 4. The molecule has 7 heteroatoms. The molecule has 1 spiro atoms. The third-order valence-electron chi connectivity index (χ3n) is 6.21. The second kappa shape index (κ2) is 7.25. The molecule has 2 saturated heterocycles. The van der Waals surface area contributed by atoms with E-state index in [1.807, 2.05) is 31.2 Å². The van der Waals surface area contributed by atoms with Gasteiger partial charge in [-0.15, -0.1) is 0 Å². The van der Waals surface area contributed by atoms with Gasteiger partial charge in [-0.25, -0.2) is 9.97 Å². The lowest BCUT2D eigenvalue weighted by molar-refractivity contribution is 0.235. The number of aliphatic hydroxyl groups excluding tert-OH is 1. The first-order valence-electron chi connectivity index (χ1n) is 10.5. The van der Waals surface area contributed by atoms with E-state index in [4.69, 9.17) is 15.4 Å². The molecule has 2 fully saturated rings. The van der Waals surface area contributed by atoms with E-state index in [0.29, 0.717) is 22.4 Å². The molecule has 0 amide bonds. The quantitative estimate of drug-likeness (QED) is 0.628. The summed E-state index contributed by atoms with van der Waals surface area (Å²) >= 11 is 0. The summed E-state index contributed by atoms with van der Waals surface area (Å²) in [5.41, 5.74) is 4.19. The van der Waals surface area contributed by atoms with Crippen LogP contribution < -0.4 is 15.5 Å². The molecule has 7 nitrogen and oxygen atoms in total. The molecule has 3 aliphatic rings. The molecule has 2 aliphatic heterocycles. The van der Waals surface area contributed by atoms with E-state index in [0.717, 1.165) is 43.0 Å². The van der Waals surface area contributed by atoms with E-state index < -0.39 is 0 Å². The van der Waals surface area contributed by atoms with Gasteiger partial charge in [0.2, 0.25) is 0 Å². The minimum atomic E-state index is 0.0560. The molecule has 1 aliphatic carbocycles. The average Bonchev–Trinajstić information content (AvgIpc) is 3.19. The lowest BCUT2D eigenvalue weighted by Crippen LogP contribution is -2.58. The van der Waals surface area contributed by atoms with Crippen molar-refractivity contribution >= 4 is 28.1 Å². The van der Waals surface area contributed by atoms with Crippen molar-refractivity contribution in [1.29, 1.82) is 5.41 Å². The van der Waals surface area contributed by atoms with Gasteiger partial charge in [-0.1, -0.05) is 0 Å². The Morgan fingerprint density at radius 1 is 1.20 bits per heavy atom. The molecular formula is C23H26N6O. The van der Waals surface area contributed by atoms with Gasteiger partial charge in [0.1, 0.15) is 11.6 Å². The van der Waals surface area contributed by atoms with Crippen molar-refractivity contribution in [3.8, 4) is 0 Å². The lowest BCUT2D eigenvalue weighted by atomic mass is 9.87. The van der Waals surface area contributed by atoms with Gasteiger partial charge in [-0.2, -0.15) is 0 Å². The van der Waals surface area contributed by atoms with E-state index in [1.54, 1.807) is 12.3 Å². The summed E-state index contributed by atoms with van der Waals surface area (Å²) in [6, 6.07) is 7.87. The van der Waals surface area contributed by atoms with Crippen LogP contribution in [-0.4, -0.2) is 52.5 Å². The fraction of sp³-hybridized carbons (Fsp3) is 0.348. The summed E-state index contributed by atoms with van der Waals surface area (Å²) in [6.07, 6.45) is 7.46. The van der Waals surface area contributed by atoms with Gasteiger partial charge in [-0.3, -0.25) is 0 Å². The maximum Gasteiger partial charge on any atom is 0.129 e. The Hall–Kier alpha value is -3.19. The number of aliphatic hydroxyl groups is 1. The fourth-order valence-electron chi connectivity index (χ4n) is 4.36. The first-order valence-corrected chi connectivity index (χ1v) is 10.5. The summed E-state index contributed by atoms with van der Waals surface area (Å²) in [5.74, 6) is 1.05. The van der Waals surface area contributed by atoms with Crippen LogP contribution in [0.1, 0.15) is 25.5 Å². The maximum atomic E-state index is 10.4. The predicted octanol–water partition coefficient (Wildman–Crippen LogP) is 2.92. The van der Waals surface area contributed by atoms with Crippen molar-refractivity contribution in [2.75, 3.05) is 31.1 Å². The molecule has 0 saturated carbocycles. The van der Waals surface area contributed by atoms with Gasteiger partial charge in [0.25, 0.3) is 0 Å². The first kappa shape index (κ1) is 18.8. The minimum absolute atomic E-state index is 0.0560. The van der Waals surface area contributed by atoms with Crippen LogP contribution in [0.5, 0.6) is 0 Å². The Bertz CT molecular complexity index is 1110. The SMILES string of the molecule is CCN/C=C1/C=C(c2ccc3nc(N4CCC5(CCN5)C4)ccc3n2)C(O)=CC1=N. The second-order valence-corrected chi connectivity index (χ2v) is 8.19. The number of hydrogen-bond acceptors (Lipinski definition) is 7. The number of allylic oxidation sites excluding steroid dienone is 4. The minimum Gasteiger partial charge on any atom is -0.507 e. The van der Waals surface area contributed by atoms with Crippen LogP contribution in [0.25, 0.3) is 16.6 Å². The summed E-state index contributed by atoms with van der Waals surface area (Å²) < 4.78 is 0. The van der Waals surface area contributed by atoms with Gasteiger partial charge in [-0.05, 0) is 56.7 Å². The summed E-state index contributed by atoms with van der Waals surface area (Å²) in [5, 5.41) is 25.2. The van der Waals surface area contributed by atoms with Crippen molar-refractivity contribution in [1.82, 2.24) is 20.6 Å². The number of aromatic nitrogens is 2. The molecule has 0 bridgehead atoms. The second-order valence-electron chi connectivity index (χ2n) is 8.19. The molecule has 0 radical (unpaired) electrons. The highest BCUT2D eigenvalue weighted by Gasteiger charge is 2.42. The normalized spacial score (nSPS) is 24.9. The molecule has 154 valence electrons. The molecule has 4 N–H and O–H groups in total. The standard InChI is InChI=1S/C23H26N6O/c1-2-25-13-15-11-16(21(30)12-17(15)24)18-3-4-20-19(27-18)5-6-22(28-20)29-10-8-23(14-29)7-9-26-23/h3-6,11-13,24-26,30H,2,7-10,14H2,1H3/b15-13-,24-17?. The van der Waals surface area contributed by atoms with Gasteiger partial charge >= 0.3 is 0 Å². The zero-order chi connectivity index (χ0) is 20.7. The van der Waals surface area contributed by atoms with Gasteiger partial charge in [0.05, 0.1) is 22.4 Å². The Morgan fingerprint density at radius 2 is 2.00 bits per heavy atom.